The lowest BCUT2D eigenvalue weighted by Crippen LogP contribution is -2.12. The fourth-order valence-corrected chi connectivity index (χ4v) is 2.60. The van der Waals surface area contributed by atoms with Crippen molar-refractivity contribution in [2.75, 3.05) is 0 Å². The minimum Gasteiger partial charge on any atom is -0.404 e. The van der Waals surface area contributed by atoms with Crippen LogP contribution in [0.1, 0.15) is 41.7 Å². The molecular formula is C15H14Cl2N2O2. The SMILES string of the molecule is CCn1nc(C2CC2)cc1OC(=O)c1ccc(Cl)cc1Cl. The second-order valence-electron chi connectivity index (χ2n) is 5.01. The first-order chi connectivity index (χ1) is 10.1. The van der Waals surface area contributed by atoms with Crippen molar-refractivity contribution in [2.24, 2.45) is 0 Å². The fraction of sp³-hybridized carbons (Fsp3) is 0.333. The number of hydrogen-bond acceptors (Lipinski definition) is 3. The fourth-order valence-electron chi connectivity index (χ4n) is 2.11. The van der Waals surface area contributed by atoms with Gasteiger partial charge in [0.15, 0.2) is 0 Å². The molecule has 1 fully saturated rings. The average Bonchev–Trinajstić information content (AvgIpc) is 3.21. The van der Waals surface area contributed by atoms with E-state index in [2.05, 4.69) is 5.10 Å². The zero-order valence-electron chi connectivity index (χ0n) is 11.5. The van der Waals surface area contributed by atoms with Crippen molar-refractivity contribution in [1.82, 2.24) is 9.78 Å². The zero-order valence-corrected chi connectivity index (χ0v) is 13.0. The summed E-state index contributed by atoms with van der Waals surface area (Å²) in [4.78, 5) is 12.2. The topological polar surface area (TPSA) is 44.1 Å². The van der Waals surface area contributed by atoms with E-state index in [4.69, 9.17) is 27.9 Å². The lowest BCUT2D eigenvalue weighted by Gasteiger charge is -2.07. The number of benzene rings is 1. The predicted octanol–water partition coefficient (Wildman–Crippen LogP) is 4.31. The number of ether oxygens (including phenoxy) is 1. The minimum atomic E-state index is -0.506. The Morgan fingerprint density at radius 2 is 2.14 bits per heavy atom. The maximum absolute atomic E-state index is 12.2. The molecule has 21 heavy (non-hydrogen) atoms. The Morgan fingerprint density at radius 1 is 1.38 bits per heavy atom. The van der Waals surface area contributed by atoms with Crippen LogP contribution in [0.2, 0.25) is 10.0 Å². The van der Waals surface area contributed by atoms with Gasteiger partial charge in [-0.2, -0.15) is 5.10 Å². The third kappa shape index (κ3) is 3.06. The third-order valence-corrected chi connectivity index (χ3v) is 3.95. The summed E-state index contributed by atoms with van der Waals surface area (Å²) in [6, 6.07) is 6.52. The molecule has 3 rings (SSSR count). The van der Waals surface area contributed by atoms with Crippen molar-refractivity contribution in [3.63, 3.8) is 0 Å². The van der Waals surface area contributed by atoms with Crippen LogP contribution >= 0.6 is 23.2 Å². The van der Waals surface area contributed by atoms with Crippen molar-refractivity contribution in [1.29, 1.82) is 0 Å². The van der Waals surface area contributed by atoms with Gasteiger partial charge in [0.1, 0.15) is 0 Å². The van der Waals surface area contributed by atoms with E-state index < -0.39 is 5.97 Å². The van der Waals surface area contributed by atoms with Crippen molar-refractivity contribution < 1.29 is 9.53 Å². The molecule has 0 N–H and O–H groups in total. The van der Waals surface area contributed by atoms with Crippen LogP contribution in [0.4, 0.5) is 0 Å². The molecule has 0 atom stereocenters. The van der Waals surface area contributed by atoms with E-state index in [1.165, 1.54) is 6.07 Å². The lowest BCUT2D eigenvalue weighted by atomic mass is 10.2. The van der Waals surface area contributed by atoms with Crippen LogP contribution in [0.25, 0.3) is 0 Å². The van der Waals surface area contributed by atoms with Crippen LogP contribution in [0.15, 0.2) is 24.3 Å². The van der Waals surface area contributed by atoms with E-state index >= 15 is 0 Å². The number of carbonyl (C=O) groups is 1. The zero-order chi connectivity index (χ0) is 15.0. The van der Waals surface area contributed by atoms with Crippen LogP contribution in [-0.4, -0.2) is 15.7 Å². The van der Waals surface area contributed by atoms with Gasteiger partial charge in [-0.05, 0) is 38.0 Å². The molecule has 0 saturated heterocycles. The summed E-state index contributed by atoms with van der Waals surface area (Å²) in [6.07, 6.45) is 2.30. The smallest absolute Gasteiger partial charge is 0.346 e. The molecule has 1 heterocycles. The molecule has 1 aromatic carbocycles. The average molecular weight is 325 g/mol. The second-order valence-corrected chi connectivity index (χ2v) is 5.85. The molecule has 2 aromatic rings. The van der Waals surface area contributed by atoms with Gasteiger partial charge in [0.2, 0.25) is 5.88 Å². The largest absolute Gasteiger partial charge is 0.404 e. The van der Waals surface area contributed by atoms with Crippen molar-refractivity contribution in [2.45, 2.75) is 32.2 Å². The molecule has 0 amide bonds. The van der Waals surface area contributed by atoms with Gasteiger partial charge in [0, 0.05) is 23.6 Å². The maximum Gasteiger partial charge on any atom is 0.346 e. The number of aryl methyl sites for hydroxylation is 1. The Morgan fingerprint density at radius 3 is 2.76 bits per heavy atom. The molecule has 6 heteroatoms. The number of esters is 1. The summed E-state index contributed by atoms with van der Waals surface area (Å²) in [7, 11) is 0. The molecule has 0 unspecified atom stereocenters. The lowest BCUT2D eigenvalue weighted by molar-refractivity contribution is 0.0719. The highest BCUT2D eigenvalue weighted by Gasteiger charge is 2.28. The van der Waals surface area contributed by atoms with E-state index in [-0.39, 0.29) is 10.6 Å². The van der Waals surface area contributed by atoms with E-state index in [9.17, 15) is 4.79 Å². The molecule has 1 aliphatic rings. The Kier molecular flexibility index (Phi) is 3.91. The Bertz CT molecular complexity index is 693. The Hall–Kier alpha value is -1.52. The molecule has 1 aromatic heterocycles. The number of halogens is 2. The molecule has 0 radical (unpaired) electrons. The van der Waals surface area contributed by atoms with Gasteiger partial charge in [-0.1, -0.05) is 23.2 Å². The number of carbonyl (C=O) groups excluding carboxylic acids is 1. The maximum atomic E-state index is 12.2. The predicted molar refractivity (Wildman–Crippen MR) is 81.3 cm³/mol. The Balaban J connectivity index is 1.83. The van der Waals surface area contributed by atoms with Gasteiger partial charge in [0.25, 0.3) is 0 Å². The number of nitrogens with zero attached hydrogens (tertiary/aromatic N) is 2. The summed E-state index contributed by atoms with van der Waals surface area (Å²) in [5.41, 5.74) is 1.28. The van der Waals surface area contributed by atoms with E-state index in [1.54, 1.807) is 16.8 Å². The van der Waals surface area contributed by atoms with Crippen molar-refractivity contribution >= 4 is 29.2 Å². The highest BCUT2D eigenvalue weighted by Crippen LogP contribution is 2.40. The van der Waals surface area contributed by atoms with Crippen LogP contribution in [0.3, 0.4) is 0 Å². The van der Waals surface area contributed by atoms with Crippen LogP contribution in [0.5, 0.6) is 5.88 Å². The number of rotatable bonds is 4. The quantitative estimate of drug-likeness (QED) is 0.787. The van der Waals surface area contributed by atoms with Gasteiger partial charge in [-0.3, -0.25) is 0 Å². The number of hydrogen-bond donors (Lipinski definition) is 0. The van der Waals surface area contributed by atoms with Crippen LogP contribution < -0.4 is 4.74 Å². The summed E-state index contributed by atoms with van der Waals surface area (Å²) < 4.78 is 7.13. The first-order valence-corrected chi connectivity index (χ1v) is 7.59. The van der Waals surface area contributed by atoms with Gasteiger partial charge in [0.05, 0.1) is 16.3 Å². The first-order valence-electron chi connectivity index (χ1n) is 6.83. The summed E-state index contributed by atoms with van der Waals surface area (Å²) in [5, 5.41) is 5.21. The Labute approximate surface area is 132 Å². The molecule has 0 spiro atoms. The standard InChI is InChI=1S/C15H14Cl2N2O2/c1-2-19-14(8-13(18-19)9-3-4-9)21-15(20)11-6-5-10(16)7-12(11)17/h5-9H,2-4H2,1H3. The van der Waals surface area contributed by atoms with Crippen molar-refractivity contribution in [3.8, 4) is 5.88 Å². The summed E-state index contributed by atoms with van der Waals surface area (Å²) >= 11 is 11.8. The minimum absolute atomic E-state index is 0.275. The monoisotopic (exact) mass is 324 g/mol. The first kappa shape index (κ1) is 14.4. The van der Waals surface area contributed by atoms with Gasteiger partial charge in [-0.25, -0.2) is 9.48 Å². The third-order valence-electron chi connectivity index (χ3n) is 3.41. The van der Waals surface area contributed by atoms with E-state index in [0.717, 1.165) is 18.5 Å². The normalized spacial score (nSPS) is 14.2. The summed E-state index contributed by atoms with van der Waals surface area (Å²) in [6.45, 7) is 2.60. The van der Waals surface area contributed by atoms with Gasteiger partial charge >= 0.3 is 5.97 Å². The molecule has 0 aliphatic heterocycles. The highest BCUT2D eigenvalue weighted by atomic mass is 35.5. The van der Waals surface area contributed by atoms with Crippen LogP contribution in [-0.2, 0) is 6.54 Å². The summed E-state index contributed by atoms with van der Waals surface area (Å²) in [5.74, 6) is 0.457. The highest BCUT2D eigenvalue weighted by molar-refractivity contribution is 6.36. The van der Waals surface area contributed by atoms with Crippen LogP contribution in [0, 0.1) is 0 Å². The van der Waals surface area contributed by atoms with E-state index in [0.29, 0.717) is 23.4 Å². The molecule has 1 aliphatic carbocycles. The number of aromatic nitrogens is 2. The van der Waals surface area contributed by atoms with Gasteiger partial charge in [-0.15, -0.1) is 0 Å². The molecular weight excluding hydrogens is 311 g/mol. The second kappa shape index (κ2) is 5.70. The van der Waals surface area contributed by atoms with Gasteiger partial charge < -0.3 is 4.74 Å². The molecule has 110 valence electrons. The van der Waals surface area contributed by atoms with E-state index in [1.807, 2.05) is 13.0 Å². The molecule has 4 nitrogen and oxygen atoms in total. The molecule has 0 bridgehead atoms. The van der Waals surface area contributed by atoms with Crippen molar-refractivity contribution in [3.05, 3.63) is 45.6 Å². The molecule has 1 saturated carbocycles.